The number of para-hydroxylation sites is 1. The van der Waals surface area contributed by atoms with Crippen LogP contribution in [0.25, 0.3) is 0 Å². The van der Waals surface area contributed by atoms with Crippen LogP contribution in [-0.4, -0.2) is 35.4 Å². The molecule has 0 saturated heterocycles. The number of hydrogen-bond donors (Lipinski definition) is 2. The second-order valence-corrected chi connectivity index (χ2v) is 6.89. The summed E-state index contributed by atoms with van der Waals surface area (Å²) in [5.74, 6) is 0. The van der Waals surface area contributed by atoms with Crippen LogP contribution < -0.4 is 15.5 Å². The molecular formula is C22H27N5O. The number of hydrogen-bond acceptors (Lipinski definition) is 3. The number of rotatable bonds is 8. The van der Waals surface area contributed by atoms with Crippen molar-refractivity contribution in [1.29, 1.82) is 0 Å². The second kappa shape index (κ2) is 9.60. The fourth-order valence-electron chi connectivity index (χ4n) is 2.89. The number of benzene rings is 2. The molecule has 0 aliphatic carbocycles. The highest BCUT2D eigenvalue weighted by Gasteiger charge is 2.11. The molecule has 2 aromatic carbocycles. The summed E-state index contributed by atoms with van der Waals surface area (Å²) in [4.78, 5) is 14.3. The molecule has 0 spiro atoms. The van der Waals surface area contributed by atoms with E-state index in [0.29, 0.717) is 13.1 Å². The van der Waals surface area contributed by atoms with Gasteiger partial charge in [0.1, 0.15) is 0 Å². The summed E-state index contributed by atoms with van der Waals surface area (Å²) >= 11 is 0. The van der Waals surface area contributed by atoms with Crippen molar-refractivity contribution in [2.24, 2.45) is 0 Å². The molecule has 6 nitrogen and oxygen atoms in total. The van der Waals surface area contributed by atoms with E-state index in [2.05, 4.69) is 51.8 Å². The molecule has 1 aromatic heterocycles. The van der Waals surface area contributed by atoms with E-state index in [1.54, 1.807) is 6.20 Å². The smallest absolute Gasteiger partial charge is 0.315 e. The van der Waals surface area contributed by atoms with Crippen molar-refractivity contribution in [3.8, 4) is 0 Å². The first kappa shape index (κ1) is 19.5. The standard InChI is InChI=1S/C22H27N5O/c1-18(26(2)21-11-7-4-8-12-21)13-23-22(28)24-14-20-15-25-27(17-20)16-19-9-5-3-6-10-19/h3-12,15,17-18H,13-14,16H2,1-2H3,(H2,23,24,28). The van der Waals surface area contributed by atoms with Crippen LogP contribution in [0.3, 0.4) is 0 Å². The van der Waals surface area contributed by atoms with Gasteiger partial charge in [0.25, 0.3) is 0 Å². The molecule has 1 unspecified atom stereocenters. The summed E-state index contributed by atoms with van der Waals surface area (Å²) < 4.78 is 1.88. The van der Waals surface area contributed by atoms with Gasteiger partial charge in [-0.1, -0.05) is 48.5 Å². The summed E-state index contributed by atoms with van der Waals surface area (Å²) in [7, 11) is 2.03. The number of anilines is 1. The second-order valence-electron chi connectivity index (χ2n) is 6.89. The first-order valence-electron chi connectivity index (χ1n) is 9.46. The Hall–Kier alpha value is -3.28. The number of amides is 2. The quantitative estimate of drug-likeness (QED) is 0.633. The first-order chi connectivity index (χ1) is 13.6. The molecule has 146 valence electrons. The minimum atomic E-state index is -0.177. The Morgan fingerprint density at radius 3 is 2.43 bits per heavy atom. The van der Waals surface area contributed by atoms with Crippen LogP contribution in [0.15, 0.2) is 73.1 Å². The van der Waals surface area contributed by atoms with Gasteiger partial charge < -0.3 is 15.5 Å². The molecule has 3 rings (SSSR count). The Kier molecular flexibility index (Phi) is 6.68. The Balaban J connectivity index is 1.41. The van der Waals surface area contributed by atoms with Crippen molar-refractivity contribution in [2.75, 3.05) is 18.5 Å². The molecular weight excluding hydrogens is 350 g/mol. The fourth-order valence-corrected chi connectivity index (χ4v) is 2.89. The predicted octanol–water partition coefficient (Wildman–Crippen LogP) is 3.26. The van der Waals surface area contributed by atoms with Gasteiger partial charge in [0.15, 0.2) is 0 Å². The maximum absolute atomic E-state index is 12.1. The van der Waals surface area contributed by atoms with Crippen molar-refractivity contribution in [2.45, 2.75) is 26.1 Å². The van der Waals surface area contributed by atoms with Gasteiger partial charge in [0.2, 0.25) is 0 Å². The summed E-state index contributed by atoms with van der Waals surface area (Å²) in [5.41, 5.74) is 3.29. The lowest BCUT2D eigenvalue weighted by atomic mass is 10.2. The van der Waals surface area contributed by atoms with Gasteiger partial charge in [-0.15, -0.1) is 0 Å². The number of nitrogens with one attached hydrogen (secondary N) is 2. The molecule has 3 aromatic rings. The highest BCUT2D eigenvalue weighted by atomic mass is 16.2. The SMILES string of the molecule is CC(CNC(=O)NCc1cnn(Cc2ccccc2)c1)N(C)c1ccccc1. The molecule has 0 aliphatic heterocycles. The summed E-state index contributed by atoms with van der Waals surface area (Å²) in [6.07, 6.45) is 3.74. The number of carbonyl (C=O) groups is 1. The molecule has 2 amide bonds. The molecule has 1 atom stereocenters. The third-order valence-electron chi connectivity index (χ3n) is 4.71. The van der Waals surface area contributed by atoms with Crippen molar-refractivity contribution in [3.05, 3.63) is 84.2 Å². The van der Waals surface area contributed by atoms with Crippen LogP contribution in [0.4, 0.5) is 10.5 Å². The molecule has 0 aliphatic rings. The van der Waals surface area contributed by atoms with Gasteiger partial charge in [-0.2, -0.15) is 5.10 Å². The van der Waals surface area contributed by atoms with E-state index < -0.39 is 0 Å². The third kappa shape index (κ3) is 5.61. The molecule has 1 heterocycles. The third-order valence-corrected chi connectivity index (χ3v) is 4.71. The van der Waals surface area contributed by atoms with E-state index >= 15 is 0 Å². The number of nitrogens with zero attached hydrogens (tertiary/aromatic N) is 3. The van der Waals surface area contributed by atoms with Gasteiger partial charge >= 0.3 is 6.03 Å². The van der Waals surface area contributed by atoms with Crippen LogP contribution in [0.1, 0.15) is 18.1 Å². The average Bonchev–Trinajstić information content (AvgIpc) is 3.18. The summed E-state index contributed by atoms with van der Waals surface area (Å²) in [6, 6.07) is 20.3. The van der Waals surface area contributed by atoms with E-state index in [1.807, 2.05) is 54.3 Å². The largest absolute Gasteiger partial charge is 0.370 e. The average molecular weight is 377 g/mol. The molecule has 2 N–H and O–H groups in total. The zero-order chi connectivity index (χ0) is 19.8. The minimum Gasteiger partial charge on any atom is -0.370 e. The Bertz CT molecular complexity index is 863. The highest BCUT2D eigenvalue weighted by Crippen LogP contribution is 2.13. The lowest BCUT2D eigenvalue weighted by molar-refractivity contribution is 0.240. The number of urea groups is 1. The number of likely N-dealkylation sites (N-methyl/N-ethyl adjacent to an activating group) is 1. The van der Waals surface area contributed by atoms with Crippen LogP contribution in [-0.2, 0) is 13.1 Å². The molecule has 0 fully saturated rings. The van der Waals surface area contributed by atoms with E-state index in [-0.39, 0.29) is 12.1 Å². The lowest BCUT2D eigenvalue weighted by Gasteiger charge is -2.27. The van der Waals surface area contributed by atoms with E-state index in [9.17, 15) is 4.79 Å². The van der Waals surface area contributed by atoms with Crippen LogP contribution >= 0.6 is 0 Å². The minimum absolute atomic E-state index is 0.177. The Morgan fingerprint density at radius 1 is 1.04 bits per heavy atom. The topological polar surface area (TPSA) is 62.2 Å². The summed E-state index contributed by atoms with van der Waals surface area (Å²) in [5, 5.41) is 10.2. The van der Waals surface area contributed by atoms with Crippen LogP contribution in [0.2, 0.25) is 0 Å². The Morgan fingerprint density at radius 2 is 1.71 bits per heavy atom. The van der Waals surface area contributed by atoms with Crippen molar-refractivity contribution in [1.82, 2.24) is 20.4 Å². The van der Waals surface area contributed by atoms with Crippen LogP contribution in [0.5, 0.6) is 0 Å². The molecule has 0 bridgehead atoms. The molecule has 0 radical (unpaired) electrons. The first-order valence-corrected chi connectivity index (χ1v) is 9.46. The highest BCUT2D eigenvalue weighted by molar-refractivity contribution is 5.73. The molecule has 6 heteroatoms. The maximum atomic E-state index is 12.1. The van der Waals surface area contributed by atoms with Gasteiger partial charge in [-0.3, -0.25) is 4.68 Å². The monoisotopic (exact) mass is 377 g/mol. The lowest BCUT2D eigenvalue weighted by Crippen LogP contribution is -2.43. The van der Waals surface area contributed by atoms with Crippen molar-refractivity contribution < 1.29 is 4.79 Å². The van der Waals surface area contributed by atoms with Crippen molar-refractivity contribution >= 4 is 11.7 Å². The molecule has 0 saturated carbocycles. The fraction of sp³-hybridized carbons (Fsp3) is 0.273. The van der Waals surface area contributed by atoms with Crippen molar-refractivity contribution in [3.63, 3.8) is 0 Å². The van der Waals surface area contributed by atoms with Gasteiger partial charge in [-0.05, 0) is 24.6 Å². The number of aromatic nitrogens is 2. The zero-order valence-electron chi connectivity index (χ0n) is 16.4. The maximum Gasteiger partial charge on any atom is 0.315 e. The predicted molar refractivity (Wildman–Crippen MR) is 112 cm³/mol. The van der Waals surface area contributed by atoms with E-state index in [4.69, 9.17) is 0 Å². The van der Waals surface area contributed by atoms with Gasteiger partial charge in [0.05, 0.1) is 12.7 Å². The van der Waals surface area contributed by atoms with Gasteiger partial charge in [0, 0.05) is 43.6 Å². The zero-order valence-corrected chi connectivity index (χ0v) is 16.4. The normalized spacial score (nSPS) is 11.6. The van der Waals surface area contributed by atoms with Gasteiger partial charge in [-0.25, -0.2) is 4.79 Å². The van der Waals surface area contributed by atoms with E-state index in [0.717, 1.165) is 17.8 Å². The summed E-state index contributed by atoms with van der Waals surface area (Å²) in [6.45, 7) is 3.81. The van der Waals surface area contributed by atoms with E-state index in [1.165, 1.54) is 5.56 Å². The Labute approximate surface area is 166 Å². The number of carbonyl (C=O) groups excluding carboxylic acids is 1. The van der Waals surface area contributed by atoms with Crippen LogP contribution in [0, 0.1) is 0 Å². The molecule has 28 heavy (non-hydrogen) atoms.